The molecule has 1 aromatic rings. The average molecular weight is 322 g/mol. The molecule has 1 N–H and O–H groups in total. The van der Waals surface area contributed by atoms with Gasteiger partial charge < -0.3 is 10.2 Å². The maximum Gasteiger partial charge on any atom is 0.416 e. The minimum Gasteiger partial charge on any atom is -0.370 e. The van der Waals surface area contributed by atoms with Crippen LogP contribution in [0.3, 0.4) is 0 Å². The van der Waals surface area contributed by atoms with Gasteiger partial charge in [0, 0.05) is 19.1 Å². The predicted molar refractivity (Wildman–Crippen MR) is 77.6 cm³/mol. The number of hydrogen-bond donors (Lipinski definition) is 1. The molecule has 0 saturated carbocycles. The number of nitrogens with one attached hydrogen (secondary N) is 1. The van der Waals surface area contributed by atoms with Crippen LogP contribution in [0.15, 0.2) is 12.1 Å². The zero-order valence-corrected chi connectivity index (χ0v) is 12.8. The van der Waals surface area contributed by atoms with Crippen molar-refractivity contribution in [3.63, 3.8) is 0 Å². The molecule has 1 aromatic heterocycles. The van der Waals surface area contributed by atoms with Gasteiger partial charge in [-0.15, -0.1) is 0 Å². The van der Waals surface area contributed by atoms with Crippen molar-refractivity contribution in [2.45, 2.75) is 32.5 Å². The van der Waals surface area contributed by atoms with Crippen molar-refractivity contribution in [1.29, 1.82) is 0 Å². The van der Waals surface area contributed by atoms with Crippen molar-refractivity contribution in [1.82, 2.24) is 9.88 Å². The first-order chi connectivity index (χ1) is 9.75. The van der Waals surface area contributed by atoms with Crippen molar-refractivity contribution in [3.8, 4) is 0 Å². The molecule has 21 heavy (non-hydrogen) atoms. The van der Waals surface area contributed by atoms with Gasteiger partial charge in [0.25, 0.3) is 0 Å². The molecule has 0 radical (unpaired) electrons. The molecular weight excluding hydrogens is 303 g/mol. The van der Waals surface area contributed by atoms with Crippen LogP contribution in [0, 0.1) is 5.92 Å². The number of alkyl halides is 3. The monoisotopic (exact) mass is 321 g/mol. The second-order valence-corrected chi connectivity index (χ2v) is 6.07. The highest BCUT2D eigenvalue weighted by atomic mass is 35.5. The van der Waals surface area contributed by atoms with Gasteiger partial charge >= 0.3 is 6.18 Å². The number of aromatic nitrogens is 1. The molecule has 1 fully saturated rings. The Hall–Kier alpha value is -1.01. The molecule has 0 aliphatic carbocycles. The fraction of sp³-hybridized carbons (Fsp3) is 0.643. The predicted octanol–water partition coefficient (Wildman–Crippen LogP) is 3.90. The van der Waals surface area contributed by atoms with Crippen LogP contribution in [-0.2, 0) is 6.18 Å². The number of likely N-dealkylation sites (tertiary alicyclic amines) is 1. The molecule has 1 aliphatic heterocycles. The van der Waals surface area contributed by atoms with Gasteiger partial charge in [-0.1, -0.05) is 11.6 Å². The Morgan fingerprint density at radius 2 is 2.14 bits per heavy atom. The van der Waals surface area contributed by atoms with E-state index in [-0.39, 0.29) is 11.0 Å². The van der Waals surface area contributed by atoms with Crippen LogP contribution in [-0.4, -0.2) is 35.6 Å². The Balaban J connectivity index is 1.96. The lowest BCUT2D eigenvalue weighted by Gasteiger charge is -2.20. The number of hydrogen-bond acceptors (Lipinski definition) is 3. The van der Waals surface area contributed by atoms with Crippen LogP contribution >= 0.6 is 11.6 Å². The first kappa shape index (κ1) is 16.4. The van der Waals surface area contributed by atoms with Gasteiger partial charge in [0.1, 0.15) is 11.0 Å². The van der Waals surface area contributed by atoms with Crippen molar-refractivity contribution >= 4 is 17.4 Å². The first-order valence-electron chi connectivity index (χ1n) is 6.98. The second kappa shape index (κ2) is 6.40. The summed E-state index contributed by atoms with van der Waals surface area (Å²) in [4.78, 5) is 6.26. The Bertz CT molecular complexity index is 491. The Kier molecular flexibility index (Phi) is 4.99. The highest BCUT2D eigenvalue weighted by Gasteiger charge is 2.31. The molecule has 3 nitrogen and oxygen atoms in total. The second-order valence-electron chi connectivity index (χ2n) is 5.69. The molecule has 0 bridgehead atoms. The molecule has 1 aliphatic rings. The number of pyridine rings is 1. The number of nitrogens with zero attached hydrogens (tertiary/aromatic N) is 2. The summed E-state index contributed by atoms with van der Waals surface area (Å²) in [7, 11) is 0. The summed E-state index contributed by atoms with van der Waals surface area (Å²) < 4.78 is 38.1. The molecule has 2 rings (SSSR count). The van der Waals surface area contributed by atoms with Crippen molar-refractivity contribution < 1.29 is 13.2 Å². The van der Waals surface area contributed by atoms with Gasteiger partial charge in [-0.25, -0.2) is 4.98 Å². The fourth-order valence-electron chi connectivity index (χ4n) is 2.50. The van der Waals surface area contributed by atoms with Crippen LogP contribution in [0.1, 0.15) is 25.8 Å². The summed E-state index contributed by atoms with van der Waals surface area (Å²) in [5.41, 5.74) is -0.778. The van der Waals surface area contributed by atoms with Crippen LogP contribution in [0.2, 0.25) is 5.15 Å². The van der Waals surface area contributed by atoms with Crippen LogP contribution in [0.4, 0.5) is 19.0 Å². The van der Waals surface area contributed by atoms with E-state index in [9.17, 15) is 13.2 Å². The highest BCUT2D eigenvalue weighted by molar-refractivity contribution is 6.29. The van der Waals surface area contributed by atoms with Gasteiger partial charge in [-0.3, -0.25) is 0 Å². The summed E-state index contributed by atoms with van der Waals surface area (Å²) in [5.74, 6) is 0.598. The molecule has 118 valence electrons. The van der Waals surface area contributed by atoms with Crippen molar-refractivity contribution in [2.75, 3.05) is 25.0 Å². The van der Waals surface area contributed by atoms with E-state index in [1.54, 1.807) is 0 Å². The zero-order valence-electron chi connectivity index (χ0n) is 12.0. The summed E-state index contributed by atoms with van der Waals surface area (Å²) >= 11 is 5.66. The molecule has 1 atom stereocenters. The molecular formula is C14H19ClF3N3. The molecule has 1 saturated heterocycles. The molecule has 7 heteroatoms. The molecule has 2 heterocycles. The van der Waals surface area contributed by atoms with Gasteiger partial charge in [-0.2, -0.15) is 13.2 Å². The third-order valence-corrected chi connectivity index (χ3v) is 3.93. The number of halogens is 4. The van der Waals surface area contributed by atoms with E-state index in [2.05, 4.69) is 29.0 Å². The van der Waals surface area contributed by atoms with Crippen molar-refractivity contribution in [3.05, 3.63) is 22.8 Å². The van der Waals surface area contributed by atoms with E-state index in [4.69, 9.17) is 11.6 Å². The van der Waals surface area contributed by atoms with E-state index in [0.29, 0.717) is 18.5 Å². The largest absolute Gasteiger partial charge is 0.416 e. The van der Waals surface area contributed by atoms with Crippen LogP contribution < -0.4 is 5.32 Å². The number of anilines is 1. The van der Waals surface area contributed by atoms with Crippen LogP contribution in [0.25, 0.3) is 0 Å². The van der Waals surface area contributed by atoms with Crippen molar-refractivity contribution in [2.24, 2.45) is 5.92 Å². The van der Waals surface area contributed by atoms with Gasteiger partial charge in [-0.05, 0) is 44.9 Å². The molecule has 1 unspecified atom stereocenters. The summed E-state index contributed by atoms with van der Waals surface area (Å²) in [6, 6.07) is 2.33. The summed E-state index contributed by atoms with van der Waals surface area (Å²) in [6.07, 6.45) is -3.37. The molecule has 0 spiro atoms. The normalized spacial score (nSPS) is 20.2. The maximum atomic E-state index is 12.7. The Labute approximate surface area is 127 Å². The lowest BCUT2D eigenvalue weighted by atomic mass is 10.1. The molecule has 0 amide bonds. The topological polar surface area (TPSA) is 28.2 Å². The van der Waals surface area contributed by atoms with E-state index < -0.39 is 11.7 Å². The average Bonchev–Trinajstić information content (AvgIpc) is 2.83. The van der Waals surface area contributed by atoms with Gasteiger partial charge in [0.05, 0.1) is 5.56 Å². The van der Waals surface area contributed by atoms with Crippen LogP contribution in [0.5, 0.6) is 0 Å². The van der Waals surface area contributed by atoms with E-state index in [1.165, 1.54) is 0 Å². The van der Waals surface area contributed by atoms with E-state index >= 15 is 0 Å². The maximum absolute atomic E-state index is 12.7. The third-order valence-electron chi connectivity index (χ3n) is 3.74. The Morgan fingerprint density at radius 1 is 1.43 bits per heavy atom. The minimum atomic E-state index is -4.41. The minimum absolute atomic E-state index is 0.150. The van der Waals surface area contributed by atoms with E-state index in [0.717, 1.165) is 31.6 Å². The van der Waals surface area contributed by atoms with E-state index in [1.807, 2.05) is 0 Å². The van der Waals surface area contributed by atoms with Gasteiger partial charge in [0.15, 0.2) is 0 Å². The zero-order chi connectivity index (χ0) is 15.6. The van der Waals surface area contributed by atoms with Gasteiger partial charge in [0.2, 0.25) is 0 Å². The quantitative estimate of drug-likeness (QED) is 0.853. The Morgan fingerprint density at radius 3 is 2.71 bits per heavy atom. The fourth-order valence-corrected chi connectivity index (χ4v) is 2.71. The SMILES string of the molecule is CC(C)N1CCC(CNc2cc(C(F)(F)F)cc(Cl)n2)C1. The standard InChI is InChI=1S/C14H19ClF3N3/c1-9(2)21-4-3-10(8-21)7-19-13-6-11(14(16,17)18)5-12(15)20-13/h5-6,9-10H,3-4,7-8H2,1-2H3,(H,19,20). The lowest BCUT2D eigenvalue weighted by Crippen LogP contribution is -2.29. The molecule has 0 aromatic carbocycles. The summed E-state index contributed by atoms with van der Waals surface area (Å²) in [5, 5.41) is 2.83. The lowest BCUT2D eigenvalue weighted by molar-refractivity contribution is -0.137. The smallest absolute Gasteiger partial charge is 0.370 e. The highest BCUT2D eigenvalue weighted by Crippen LogP contribution is 2.32. The summed E-state index contributed by atoms with van der Waals surface area (Å²) in [6.45, 7) is 6.87. The first-order valence-corrected chi connectivity index (χ1v) is 7.36. The number of rotatable bonds is 4. The third kappa shape index (κ3) is 4.48.